The van der Waals surface area contributed by atoms with Crippen LogP contribution >= 0.6 is 0 Å². The molecule has 2 rings (SSSR count). The summed E-state index contributed by atoms with van der Waals surface area (Å²) in [7, 11) is -3.19. The minimum atomic E-state index is -3.19. The number of phenolic OH excluding ortho intramolecular Hbond substituents is 1. The summed E-state index contributed by atoms with van der Waals surface area (Å²) >= 11 is 0. The highest BCUT2D eigenvalue weighted by Gasteiger charge is 2.11. The van der Waals surface area contributed by atoms with E-state index in [2.05, 4.69) is 0 Å². The van der Waals surface area contributed by atoms with Gasteiger partial charge >= 0.3 is 0 Å². The summed E-state index contributed by atoms with van der Waals surface area (Å²) in [6, 6.07) is 13.5. The van der Waals surface area contributed by atoms with Crippen LogP contribution in [0.25, 0.3) is 11.1 Å². The summed E-state index contributed by atoms with van der Waals surface area (Å²) in [4.78, 5) is 0.329. The van der Waals surface area contributed by atoms with E-state index < -0.39 is 9.84 Å². The van der Waals surface area contributed by atoms with Crippen LogP contribution in [0.5, 0.6) is 5.75 Å². The molecule has 18 heavy (non-hydrogen) atoms. The van der Waals surface area contributed by atoms with Gasteiger partial charge in [-0.25, -0.2) is 8.42 Å². The minimum absolute atomic E-state index is 0.0893. The SMILES string of the molecule is CCS(=O)(=O)c1cccc(-c2ccc(O)cc2)c1. The van der Waals surface area contributed by atoms with Crippen LogP contribution in [-0.4, -0.2) is 19.3 Å². The van der Waals surface area contributed by atoms with Crippen LogP contribution in [-0.2, 0) is 9.84 Å². The third kappa shape index (κ3) is 2.54. The van der Waals surface area contributed by atoms with Gasteiger partial charge in [0.15, 0.2) is 9.84 Å². The van der Waals surface area contributed by atoms with Gasteiger partial charge in [0.25, 0.3) is 0 Å². The van der Waals surface area contributed by atoms with Crippen LogP contribution in [0.3, 0.4) is 0 Å². The van der Waals surface area contributed by atoms with E-state index in [1.165, 1.54) is 0 Å². The van der Waals surface area contributed by atoms with E-state index in [4.69, 9.17) is 0 Å². The van der Waals surface area contributed by atoms with Crippen molar-refractivity contribution in [2.24, 2.45) is 0 Å². The summed E-state index contributed by atoms with van der Waals surface area (Å²) in [5, 5.41) is 9.23. The first-order chi connectivity index (χ1) is 8.53. The molecule has 0 aliphatic rings. The summed E-state index contributed by atoms with van der Waals surface area (Å²) in [5.41, 5.74) is 1.70. The highest BCUT2D eigenvalue weighted by molar-refractivity contribution is 7.91. The monoisotopic (exact) mass is 262 g/mol. The first-order valence-corrected chi connectivity index (χ1v) is 7.30. The fourth-order valence-electron chi connectivity index (χ4n) is 1.69. The Morgan fingerprint density at radius 2 is 1.67 bits per heavy atom. The zero-order valence-corrected chi connectivity index (χ0v) is 10.8. The number of phenols is 1. The van der Waals surface area contributed by atoms with Crippen molar-refractivity contribution < 1.29 is 13.5 Å². The molecule has 0 saturated heterocycles. The van der Waals surface area contributed by atoms with E-state index >= 15 is 0 Å². The van der Waals surface area contributed by atoms with Gasteiger partial charge in [-0.15, -0.1) is 0 Å². The lowest BCUT2D eigenvalue weighted by atomic mass is 10.1. The molecule has 0 heterocycles. The lowest BCUT2D eigenvalue weighted by Crippen LogP contribution is -2.03. The molecule has 2 aromatic carbocycles. The molecule has 0 bridgehead atoms. The Bertz CT molecular complexity index is 643. The average molecular weight is 262 g/mol. The van der Waals surface area contributed by atoms with Crippen molar-refractivity contribution in [3.8, 4) is 16.9 Å². The highest BCUT2D eigenvalue weighted by Crippen LogP contribution is 2.24. The Hall–Kier alpha value is -1.81. The molecule has 0 aromatic heterocycles. The minimum Gasteiger partial charge on any atom is -0.508 e. The number of aromatic hydroxyl groups is 1. The normalized spacial score (nSPS) is 11.4. The molecule has 2 aromatic rings. The number of sulfone groups is 1. The molecule has 3 nitrogen and oxygen atoms in total. The van der Waals surface area contributed by atoms with Crippen LogP contribution in [0.1, 0.15) is 6.92 Å². The molecule has 0 spiro atoms. The summed E-state index contributed by atoms with van der Waals surface area (Å²) in [5.74, 6) is 0.280. The fraction of sp³-hybridized carbons (Fsp3) is 0.143. The van der Waals surface area contributed by atoms with Gasteiger partial charge in [0, 0.05) is 0 Å². The second-order valence-corrected chi connectivity index (χ2v) is 6.26. The Balaban J connectivity index is 2.48. The van der Waals surface area contributed by atoms with Gasteiger partial charge in [-0.1, -0.05) is 31.2 Å². The highest BCUT2D eigenvalue weighted by atomic mass is 32.2. The molecule has 0 aliphatic heterocycles. The molecule has 0 atom stereocenters. The zero-order chi connectivity index (χ0) is 13.2. The first kappa shape index (κ1) is 12.6. The molecular weight excluding hydrogens is 248 g/mol. The van der Waals surface area contributed by atoms with Gasteiger partial charge in [-0.3, -0.25) is 0 Å². The predicted octanol–water partition coefficient (Wildman–Crippen LogP) is 2.85. The molecule has 0 aliphatic carbocycles. The number of rotatable bonds is 3. The second kappa shape index (κ2) is 4.82. The van der Waals surface area contributed by atoms with Crippen molar-refractivity contribution in [1.29, 1.82) is 0 Å². The quantitative estimate of drug-likeness (QED) is 0.925. The lowest BCUT2D eigenvalue weighted by Gasteiger charge is -2.05. The number of hydrogen-bond acceptors (Lipinski definition) is 3. The molecule has 94 valence electrons. The summed E-state index contributed by atoms with van der Waals surface area (Å²) in [6.45, 7) is 1.63. The molecule has 0 radical (unpaired) electrons. The summed E-state index contributed by atoms with van der Waals surface area (Å²) in [6.07, 6.45) is 0. The third-order valence-electron chi connectivity index (χ3n) is 2.77. The zero-order valence-electron chi connectivity index (χ0n) is 10.00. The molecule has 1 N–H and O–H groups in total. The maximum Gasteiger partial charge on any atom is 0.178 e. The second-order valence-electron chi connectivity index (χ2n) is 3.98. The van der Waals surface area contributed by atoms with Crippen molar-refractivity contribution in [2.75, 3.05) is 5.75 Å². The standard InChI is InChI=1S/C14H14O3S/c1-2-18(16,17)14-5-3-4-12(10-14)11-6-8-13(15)9-7-11/h3-10,15H,2H2,1H3. The summed E-state index contributed by atoms with van der Waals surface area (Å²) < 4.78 is 23.6. The van der Waals surface area contributed by atoms with Gasteiger partial charge in [-0.2, -0.15) is 0 Å². The van der Waals surface area contributed by atoms with Gasteiger partial charge in [0.1, 0.15) is 5.75 Å². The van der Waals surface area contributed by atoms with Crippen LogP contribution in [0.15, 0.2) is 53.4 Å². The van der Waals surface area contributed by atoms with E-state index in [0.717, 1.165) is 11.1 Å². The molecule has 0 amide bonds. The van der Waals surface area contributed by atoms with Gasteiger partial charge in [-0.05, 0) is 35.4 Å². The lowest BCUT2D eigenvalue weighted by molar-refractivity contribution is 0.475. The first-order valence-electron chi connectivity index (χ1n) is 5.65. The maximum absolute atomic E-state index is 11.8. The van der Waals surface area contributed by atoms with Crippen LogP contribution < -0.4 is 0 Å². The van der Waals surface area contributed by atoms with Crippen molar-refractivity contribution in [2.45, 2.75) is 11.8 Å². The van der Waals surface area contributed by atoms with Gasteiger partial charge in [0.05, 0.1) is 10.6 Å². The number of benzene rings is 2. The van der Waals surface area contributed by atoms with Crippen LogP contribution in [0.2, 0.25) is 0 Å². The van der Waals surface area contributed by atoms with Crippen LogP contribution in [0, 0.1) is 0 Å². The average Bonchev–Trinajstić information content (AvgIpc) is 2.40. The van der Waals surface area contributed by atoms with Crippen molar-refractivity contribution >= 4 is 9.84 Å². The van der Waals surface area contributed by atoms with Crippen LogP contribution in [0.4, 0.5) is 0 Å². The van der Waals surface area contributed by atoms with E-state index in [1.54, 1.807) is 49.4 Å². The molecular formula is C14H14O3S. The van der Waals surface area contributed by atoms with E-state index in [-0.39, 0.29) is 11.5 Å². The van der Waals surface area contributed by atoms with E-state index in [9.17, 15) is 13.5 Å². The molecule has 0 saturated carbocycles. The van der Waals surface area contributed by atoms with Gasteiger partial charge in [0.2, 0.25) is 0 Å². The van der Waals surface area contributed by atoms with Crippen molar-refractivity contribution in [3.63, 3.8) is 0 Å². The largest absolute Gasteiger partial charge is 0.508 e. The predicted molar refractivity (Wildman–Crippen MR) is 71.3 cm³/mol. The van der Waals surface area contributed by atoms with E-state index in [1.807, 2.05) is 6.07 Å². The fourth-order valence-corrected chi connectivity index (χ4v) is 2.62. The Labute approximate surface area is 107 Å². The maximum atomic E-state index is 11.8. The topological polar surface area (TPSA) is 54.4 Å². The van der Waals surface area contributed by atoms with Crippen molar-refractivity contribution in [1.82, 2.24) is 0 Å². The molecule has 0 unspecified atom stereocenters. The molecule has 4 heteroatoms. The molecule has 0 fully saturated rings. The Kier molecular flexibility index (Phi) is 3.39. The smallest absolute Gasteiger partial charge is 0.178 e. The Morgan fingerprint density at radius 1 is 1.00 bits per heavy atom. The van der Waals surface area contributed by atoms with E-state index in [0.29, 0.717) is 4.90 Å². The Morgan fingerprint density at radius 3 is 2.28 bits per heavy atom. The number of hydrogen-bond donors (Lipinski definition) is 1. The third-order valence-corrected chi connectivity index (χ3v) is 4.51. The van der Waals surface area contributed by atoms with Crippen molar-refractivity contribution in [3.05, 3.63) is 48.5 Å². The van der Waals surface area contributed by atoms with Gasteiger partial charge < -0.3 is 5.11 Å².